The summed E-state index contributed by atoms with van der Waals surface area (Å²) in [4.78, 5) is 0.560. The Morgan fingerprint density at radius 1 is 1.43 bits per heavy atom. The SMILES string of the molecule is Cc1ccc(NCC(C)C(N)=S)cc1. The van der Waals surface area contributed by atoms with Gasteiger partial charge in [0.2, 0.25) is 0 Å². The third-order valence-corrected chi connectivity index (χ3v) is 2.55. The molecule has 0 radical (unpaired) electrons. The van der Waals surface area contributed by atoms with Gasteiger partial charge in [-0.15, -0.1) is 0 Å². The molecule has 0 saturated carbocycles. The number of anilines is 1. The largest absolute Gasteiger partial charge is 0.393 e. The fourth-order valence-electron chi connectivity index (χ4n) is 1.04. The van der Waals surface area contributed by atoms with Gasteiger partial charge in [0, 0.05) is 18.2 Å². The van der Waals surface area contributed by atoms with Crippen molar-refractivity contribution in [2.45, 2.75) is 13.8 Å². The molecule has 0 bridgehead atoms. The van der Waals surface area contributed by atoms with Gasteiger partial charge in [-0.05, 0) is 19.1 Å². The molecule has 3 N–H and O–H groups in total. The van der Waals surface area contributed by atoms with Crippen molar-refractivity contribution in [1.29, 1.82) is 0 Å². The van der Waals surface area contributed by atoms with Crippen molar-refractivity contribution in [3.8, 4) is 0 Å². The van der Waals surface area contributed by atoms with Crippen molar-refractivity contribution < 1.29 is 0 Å². The summed E-state index contributed by atoms with van der Waals surface area (Å²) in [5.41, 5.74) is 7.89. The molecule has 0 amide bonds. The third-order valence-electron chi connectivity index (χ3n) is 2.15. The zero-order valence-electron chi connectivity index (χ0n) is 8.58. The molecule has 1 aromatic rings. The summed E-state index contributed by atoms with van der Waals surface area (Å²) in [6.07, 6.45) is 0. The molecular weight excluding hydrogens is 192 g/mol. The fraction of sp³-hybridized carbons (Fsp3) is 0.364. The van der Waals surface area contributed by atoms with Crippen molar-refractivity contribution in [3.63, 3.8) is 0 Å². The van der Waals surface area contributed by atoms with Crippen LogP contribution in [-0.4, -0.2) is 11.5 Å². The van der Waals surface area contributed by atoms with Crippen LogP contribution in [0.4, 0.5) is 5.69 Å². The van der Waals surface area contributed by atoms with Gasteiger partial charge in [0.1, 0.15) is 0 Å². The molecule has 0 aliphatic carbocycles. The number of hydrogen-bond acceptors (Lipinski definition) is 2. The van der Waals surface area contributed by atoms with Crippen molar-refractivity contribution in [1.82, 2.24) is 0 Å². The van der Waals surface area contributed by atoms with Crippen LogP contribution >= 0.6 is 12.2 Å². The highest BCUT2D eigenvalue weighted by atomic mass is 32.1. The number of rotatable bonds is 4. The minimum Gasteiger partial charge on any atom is -0.393 e. The van der Waals surface area contributed by atoms with Gasteiger partial charge in [-0.25, -0.2) is 0 Å². The lowest BCUT2D eigenvalue weighted by Gasteiger charge is -2.11. The first-order valence-corrected chi connectivity index (χ1v) is 5.10. The number of aryl methyl sites for hydroxylation is 1. The minimum absolute atomic E-state index is 0.228. The standard InChI is InChI=1S/C11H16N2S/c1-8-3-5-10(6-4-8)13-7-9(2)11(12)14/h3-6,9,13H,7H2,1-2H3,(H2,12,14). The van der Waals surface area contributed by atoms with Crippen LogP contribution in [0.25, 0.3) is 0 Å². The van der Waals surface area contributed by atoms with E-state index >= 15 is 0 Å². The zero-order chi connectivity index (χ0) is 10.6. The first kappa shape index (κ1) is 11.0. The quantitative estimate of drug-likeness (QED) is 0.746. The number of thiocarbonyl (C=S) groups is 1. The first-order valence-electron chi connectivity index (χ1n) is 4.69. The van der Waals surface area contributed by atoms with Crippen molar-refractivity contribution in [2.24, 2.45) is 11.7 Å². The van der Waals surface area contributed by atoms with E-state index in [0.29, 0.717) is 4.99 Å². The van der Waals surface area contributed by atoms with Gasteiger partial charge in [0.25, 0.3) is 0 Å². The molecule has 0 spiro atoms. The Kier molecular flexibility index (Phi) is 3.89. The molecule has 1 aromatic carbocycles. The Hall–Kier alpha value is -1.09. The number of nitrogens with one attached hydrogen (secondary N) is 1. The van der Waals surface area contributed by atoms with Gasteiger partial charge in [-0.3, -0.25) is 0 Å². The van der Waals surface area contributed by atoms with E-state index in [1.165, 1.54) is 5.56 Å². The van der Waals surface area contributed by atoms with Gasteiger partial charge in [-0.1, -0.05) is 36.8 Å². The topological polar surface area (TPSA) is 38.0 Å². The van der Waals surface area contributed by atoms with Crippen LogP contribution in [0.15, 0.2) is 24.3 Å². The third kappa shape index (κ3) is 3.34. The van der Waals surface area contributed by atoms with Crippen LogP contribution in [0.1, 0.15) is 12.5 Å². The van der Waals surface area contributed by atoms with E-state index < -0.39 is 0 Å². The molecule has 0 aliphatic heterocycles. The van der Waals surface area contributed by atoms with Crippen LogP contribution in [0.3, 0.4) is 0 Å². The molecule has 0 fully saturated rings. The fourth-order valence-corrected chi connectivity index (χ4v) is 1.13. The minimum atomic E-state index is 0.228. The van der Waals surface area contributed by atoms with Crippen LogP contribution in [-0.2, 0) is 0 Å². The molecule has 1 unspecified atom stereocenters. The maximum atomic E-state index is 5.52. The molecule has 76 valence electrons. The van der Waals surface area contributed by atoms with E-state index in [9.17, 15) is 0 Å². The van der Waals surface area contributed by atoms with Gasteiger partial charge < -0.3 is 11.1 Å². The highest BCUT2D eigenvalue weighted by Gasteiger charge is 2.03. The molecular formula is C11H16N2S. The van der Waals surface area contributed by atoms with E-state index in [0.717, 1.165) is 12.2 Å². The Labute approximate surface area is 90.5 Å². The van der Waals surface area contributed by atoms with E-state index in [1.54, 1.807) is 0 Å². The Morgan fingerprint density at radius 2 is 2.00 bits per heavy atom. The summed E-state index contributed by atoms with van der Waals surface area (Å²) in [5, 5.41) is 3.29. The molecule has 0 saturated heterocycles. The average molecular weight is 208 g/mol. The molecule has 1 rings (SSSR count). The van der Waals surface area contributed by atoms with Crippen molar-refractivity contribution in [2.75, 3.05) is 11.9 Å². The molecule has 0 aromatic heterocycles. The predicted molar refractivity (Wildman–Crippen MR) is 65.6 cm³/mol. The molecule has 3 heteroatoms. The van der Waals surface area contributed by atoms with Gasteiger partial charge in [0.05, 0.1) is 4.99 Å². The Bertz CT molecular complexity index is 306. The van der Waals surface area contributed by atoms with Gasteiger partial charge in [0.15, 0.2) is 0 Å². The van der Waals surface area contributed by atoms with E-state index in [1.807, 2.05) is 6.92 Å². The zero-order valence-corrected chi connectivity index (χ0v) is 9.40. The molecule has 14 heavy (non-hydrogen) atoms. The second-order valence-electron chi connectivity index (χ2n) is 3.55. The predicted octanol–water partition coefficient (Wildman–Crippen LogP) is 2.33. The second-order valence-corrected chi connectivity index (χ2v) is 4.02. The number of nitrogens with two attached hydrogens (primary N) is 1. The lowest BCUT2D eigenvalue weighted by atomic mass is 10.1. The van der Waals surface area contributed by atoms with Gasteiger partial charge in [-0.2, -0.15) is 0 Å². The van der Waals surface area contributed by atoms with E-state index in [-0.39, 0.29) is 5.92 Å². The van der Waals surface area contributed by atoms with E-state index in [2.05, 4.69) is 36.5 Å². The van der Waals surface area contributed by atoms with Crippen LogP contribution in [0, 0.1) is 12.8 Å². The first-order chi connectivity index (χ1) is 6.59. The summed E-state index contributed by atoms with van der Waals surface area (Å²) >= 11 is 4.89. The molecule has 2 nitrogen and oxygen atoms in total. The highest BCUT2D eigenvalue weighted by molar-refractivity contribution is 7.80. The Balaban J connectivity index is 2.46. The number of hydrogen-bond donors (Lipinski definition) is 2. The smallest absolute Gasteiger partial charge is 0.0773 e. The lowest BCUT2D eigenvalue weighted by molar-refractivity contribution is 0.821. The van der Waals surface area contributed by atoms with E-state index in [4.69, 9.17) is 18.0 Å². The summed E-state index contributed by atoms with van der Waals surface area (Å²) in [6.45, 7) is 4.88. The van der Waals surface area contributed by atoms with Crippen molar-refractivity contribution >= 4 is 22.9 Å². The molecule has 0 heterocycles. The van der Waals surface area contributed by atoms with Crippen molar-refractivity contribution in [3.05, 3.63) is 29.8 Å². The maximum absolute atomic E-state index is 5.52. The monoisotopic (exact) mass is 208 g/mol. The second kappa shape index (κ2) is 4.96. The average Bonchev–Trinajstić information content (AvgIpc) is 2.16. The van der Waals surface area contributed by atoms with Crippen LogP contribution in [0.5, 0.6) is 0 Å². The summed E-state index contributed by atoms with van der Waals surface area (Å²) in [7, 11) is 0. The van der Waals surface area contributed by atoms with Crippen LogP contribution < -0.4 is 11.1 Å². The highest BCUT2D eigenvalue weighted by Crippen LogP contribution is 2.09. The summed E-state index contributed by atoms with van der Waals surface area (Å²) < 4.78 is 0. The van der Waals surface area contributed by atoms with Crippen LogP contribution in [0.2, 0.25) is 0 Å². The lowest BCUT2D eigenvalue weighted by Crippen LogP contribution is -2.25. The van der Waals surface area contributed by atoms with Gasteiger partial charge >= 0.3 is 0 Å². The number of benzene rings is 1. The summed E-state index contributed by atoms with van der Waals surface area (Å²) in [6, 6.07) is 8.27. The normalized spacial score (nSPS) is 12.1. The maximum Gasteiger partial charge on any atom is 0.0773 e. The summed E-state index contributed by atoms with van der Waals surface area (Å²) in [5.74, 6) is 0.228. The molecule has 1 atom stereocenters. The Morgan fingerprint density at radius 3 is 2.50 bits per heavy atom. The molecule has 0 aliphatic rings.